The van der Waals surface area contributed by atoms with E-state index in [2.05, 4.69) is 54.9 Å². The summed E-state index contributed by atoms with van der Waals surface area (Å²) in [6, 6.07) is 40.3. The largest absolute Gasteiger partial charge is 0.284 e. The maximum atomic E-state index is 13.0. The van der Waals surface area contributed by atoms with Crippen LogP contribution < -0.4 is 10.2 Å². The van der Waals surface area contributed by atoms with Crippen molar-refractivity contribution in [3.05, 3.63) is 143 Å². The summed E-state index contributed by atoms with van der Waals surface area (Å²) in [5, 5.41) is 16.1. The van der Waals surface area contributed by atoms with Gasteiger partial charge in [0, 0.05) is 23.2 Å². The van der Waals surface area contributed by atoms with Crippen molar-refractivity contribution in [3.8, 4) is 22.6 Å². The van der Waals surface area contributed by atoms with E-state index in [4.69, 9.17) is 0 Å². The molecular formula is C32H26N6OS2. The molecule has 6 aromatic rings. The van der Waals surface area contributed by atoms with Crippen molar-refractivity contribution in [3.63, 3.8) is 0 Å². The van der Waals surface area contributed by atoms with E-state index < -0.39 is 0 Å². The number of thiazole rings is 1. The first-order chi connectivity index (χ1) is 20.3. The van der Waals surface area contributed by atoms with Gasteiger partial charge in [-0.25, -0.2) is 5.43 Å². The minimum Gasteiger partial charge on any atom is -0.284 e. The van der Waals surface area contributed by atoms with Gasteiger partial charge in [-0.2, -0.15) is 0 Å². The monoisotopic (exact) mass is 574 g/mol. The molecule has 0 unspecified atom stereocenters. The lowest BCUT2D eigenvalue weighted by Gasteiger charge is -2.10. The Hall–Kier alpha value is -4.73. The van der Waals surface area contributed by atoms with Crippen LogP contribution in [-0.4, -0.2) is 31.0 Å². The molecule has 7 nitrogen and oxygen atoms in total. The first-order valence-corrected chi connectivity index (χ1v) is 14.9. The summed E-state index contributed by atoms with van der Waals surface area (Å²) >= 11 is 2.81. The van der Waals surface area contributed by atoms with Crippen molar-refractivity contribution < 1.29 is 4.79 Å². The van der Waals surface area contributed by atoms with Gasteiger partial charge in [-0.1, -0.05) is 109 Å². The number of nitrogens with zero attached hydrogens (tertiary/aromatic N) is 5. The van der Waals surface area contributed by atoms with Gasteiger partial charge in [-0.05, 0) is 35.4 Å². The lowest BCUT2D eigenvalue weighted by Crippen LogP contribution is -2.25. The van der Waals surface area contributed by atoms with E-state index in [1.165, 1.54) is 23.1 Å². The Balaban J connectivity index is 1.23. The Morgan fingerprint density at radius 3 is 2.00 bits per heavy atom. The number of nitrogens with one attached hydrogen (secondary N) is 1. The molecule has 0 saturated carbocycles. The molecule has 41 heavy (non-hydrogen) atoms. The molecular weight excluding hydrogens is 549 g/mol. The van der Waals surface area contributed by atoms with Crippen LogP contribution in [0, 0.1) is 0 Å². The van der Waals surface area contributed by atoms with Crippen LogP contribution >= 0.6 is 23.1 Å². The molecule has 0 saturated heterocycles. The lowest BCUT2D eigenvalue weighted by molar-refractivity contribution is -0.118. The normalized spacial score (nSPS) is 11.5. The minimum atomic E-state index is -0.225. The lowest BCUT2D eigenvalue weighted by atomic mass is 10.1. The molecule has 0 bridgehead atoms. The van der Waals surface area contributed by atoms with Crippen molar-refractivity contribution in [1.82, 2.24) is 24.8 Å². The van der Waals surface area contributed by atoms with Crippen LogP contribution in [0.3, 0.4) is 0 Å². The predicted octanol–water partition coefficient (Wildman–Crippen LogP) is 6.10. The Labute approximate surface area is 245 Å². The van der Waals surface area contributed by atoms with Crippen molar-refractivity contribution in [2.45, 2.75) is 11.6 Å². The molecule has 4 aromatic carbocycles. The highest BCUT2D eigenvalue weighted by Crippen LogP contribution is 2.24. The SMILES string of the molecule is O=C(CSc1nnc(Cc2ccccc2)n1-c1ccccc1)N/N=c1/scc(-c2ccccc2)n1-c1ccccc1. The Kier molecular flexibility index (Phi) is 8.16. The summed E-state index contributed by atoms with van der Waals surface area (Å²) in [5.41, 5.74) is 7.89. The fourth-order valence-electron chi connectivity index (χ4n) is 4.42. The zero-order chi connectivity index (χ0) is 27.9. The maximum Gasteiger partial charge on any atom is 0.250 e. The molecule has 2 aromatic heterocycles. The molecule has 6 rings (SSSR count). The molecule has 202 valence electrons. The van der Waals surface area contributed by atoms with Crippen LogP contribution in [0.5, 0.6) is 0 Å². The van der Waals surface area contributed by atoms with Crippen LogP contribution in [0.15, 0.2) is 137 Å². The summed E-state index contributed by atoms with van der Waals surface area (Å²) < 4.78 is 4.06. The fourth-order valence-corrected chi connectivity index (χ4v) is 6.05. The van der Waals surface area contributed by atoms with Crippen molar-refractivity contribution in [1.29, 1.82) is 0 Å². The predicted molar refractivity (Wildman–Crippen MR) is 164 cm³/mol. The second kappa shape index (κ2) is 12.6. The van der Waals surface area contributed by atoms with Crippen molar-refractivity contribution >= 4 is 29.0 Å². The smallest absolute Gasteiger partial charge is 0.250 e. The quantitative estimate of drug-likeness (QED) is 0.167. The van der Waals surface area contributed by atoms with E-state index in [9.17, 15) is 4.79 Å². The third-order valence-corrected chi connectivity index (χ3v) is 8.08. The number of para-hydroxylation sites is 2. The van der Waals surface area contributed by atoms with Crippen LogP contribution in [0.1, 0.15) is 11.4 Å². The van der Waals surface area contributed by atoms with Gasteiger partial charge >= 0.3 is 0 Å². The van der Waals surface area contributed by atoms with Gasteiger partial charge in [0.25, 0.3) is 5.91 Å². The number of rotatable bonds is 9. The van der Waals surface area contributed by atoms with Gasteiger partial charge in [0.1, 0.15) is 5.82 Å². The fraction of sp³-hybridized carbons (Fsp3) is 0.0625. The van der Waals surface area contributed by atoms with E-state index in [0.29, 0.717) is 16.4 Å². The van der Waals surface area contributed by atoms with Crippen molar-refractivity contribution in [2.24, 2.45) is 5.10 Å². The van der Waals surface area contributed by atoms with E-state index in [1.807, 2.05) is 102 Å². The molecule has 0 spiro atoms. The highest BCUT2D eigenvalue weighted by Gasteiger charge is 2.16. The zero-order valence-corrected chi connectivity index (χ0v) is 23.6. The molecule has 9 heteroatoms. The van der Waals surface area contributed by atoms with Crippen LogP contribution in [0.25, 0.3) is 22.6 Å². The average Bonchev–Trinajstić information content (AvgIpc) is 3.65. The Morgan fingerprint density at radius 2 is 1.34 bits per heavy atom. The summed E-state index contributed by atoms with van der Waals surface area (Å²) in [7, 11) is 0. The van der Waals surface area contributed by atoms with Crippen LogP contribution in [-0.2, 0) is 11.2 Å². The molecule has 0 aliphatic carbocycles. The third-order valence-electron chi connectivity index (χ3n) is 6.32. The number of carbonyl (C=O) groups is 1. The summed E-state index contributed by atoms with van der Waals surface area (Å²) in [4.78, 5) is 13.6. The number of aromatic nitrogens is 4. The van der Waals surface area contributed by atoms with Gasteiger partial charge in [0.15, 0.2) is 5.16 Å². The first kappa shape index (κ1) is 26.5. The molecule has 0 atom stereocenters. The third kappa shape index (κ3) is 6.21. The topological polar surface area (TPSA) is 77.1 Å². The maximum absolute atomic E-state index is 13.0. The van der Waals surface area contributed by atoms with Crippen LogP contribution in [0.2, 0.25) is 0 Å². The van der Waals surface area contributed by atoms with Crippen molar-refractivity contribution in [2.75, 3.05) is 5.75 Å². The standard InChI is InChI=1S/C32H26N6OS2/c39-30(34-36-31-37(26-17-9-3-10-18-26)28(22-40-31)25-15-7-2-8-16-25)23-41-32-35-33-29(21-24-13-5-1-6-14-24)38(32)27-19-11-4-12-20-27/h1-20,22H,21,23H2,(H,34,39)/b36-31+. The van der Waals surface area contributed by atoms with E-state index in [-0.39, 0.29) is 11.7 Å². The number of thioether (sulfide) groups is 1. The highest BCUT2D eigenvalue weighted by molar-refractivity contribution is 7.99. The zero-order valence-electron chi connectivity index (χ0n) is 22.0. The van der Waals surface area contributed by atoms with Gasteiger partial charge in [-0.15, -0.1) is 26.6 Å². The highest BCUT2D eigenvalue weighted by atomic mass is 32.2. The number of hydrogen-bond donors (Lipinski definition) is 1. The van der Waals surface area contributed by atoms with Gasteiger partial charge in [0.05, 0.1) is 11.4 Å². The van der Waals surface area contributed by atoms with E-state index in [0.717, 1.165) is 34.0 Å². The second-order valence-electron chi connectivity index (χ2n) is 9.11. The Morgan fingerprint density at radius 1 is 0.756 bits per heavy atom. The Bertz CT molecular complexity index is 1800. The minimum absolute atomic E-state index is 0.141. The second-order valence-corrected chi connectivity index (χ2v) is 10.9. The van der Waals surface area contributed by atoms with E-state index >= 15 is 0 Å². The van der Waals surface area contributed by atoms with E-state index in [1.54, 1.807) is 0 Å². The summed E-state index contributed by atoms with van der Waals surface area (Å²) in [6.45, 7) is 0. The average molecular weight is 575 g/mol. The number of benzene rings is 4. The van der Waals surface area contributed by atoms with Gasteiger partial charge in [0.2, 0.25) is 4.80 Å². The summed E-state index contributed by atoms with van der Waals surface area (Å²) in [5.74, 6) is 0.727. The molecule has 1 amide bonds. The van der Waals surface area contributed by atoms with Crippen LogP contribution in [0.4, 0.5) is 0 Å². The molecule has 0 fully saturated rings. The number of amides is 1. The number of hydrogen-bond acceptors (Lipinski definition) is 6. The van der Waals surface area contributed by atoms with Gasteiger partial charge < -0.3 is 0 Å². The molecule has 0 aliphatic heterocycles. The first-order valence-electron chi connectivity index (χ1n) is 13.1. The molecule has 2 heterocycles. The molecule has 1 N–H and O–H groups in total. The number of carbonyl (C=O) groups excluding carboxylic acids is 1. The molecule has 0 radical (unpaired) electrons. The molecule has 0 aliphatic rings. The van der Waals surface area contributed by atoms with Gasteiger partial charge in [-0.3, -0.25) is 13.9 Å². The summed E-state index contributed by atoms with van der Waals surface area (Å²) in [6.07, 6.45) is 0.631.